The third kappa shape index (κ3) is 2.71. The summed E-state index contributed by atoms with van der Waals surface area (Å²) in [5.41, 5.74) is 6.33. The van der Waals surface area contributed by atoms with Gasteiger partial charge in [0.25, 0.3) is 0 Å². The molecule has 1 atom stereocenters. The third-order valence-electron chi connectivity index (χ3n) is 4.01. The highest BCUT2D eigenvalue weighted by Gasteiger charge is 2.15. The van der Waals surface area contributed by atoms with Gasteiger partial charge in [-0.2, -0.15) is 5.10 Å². The first-order valence-corrected chi connectivity index (χ1v) is 6.78. The number of hydrogen-bond donors (Lipinski definition) is 1. The van der Waals surface area contributed by atoms with E-state index in [0.717, 1.165) is 12.2 Å². The van der Waals surface area contributed by atoms with E-state index in [9.17, 15) is 0 Å². The Morgan fingerprint density at radius 3 is 2.37 bits per heavy atom. The van der Waals surface area contributed by atoms with Crippen molar-refractivity contribution >= 4 is 0 Å². The molecular weight excluding hydrogens is 234 g/mol. The zero-order valence-electron chi connectivity index (χ0n) is 12.5. The first-order valence-electron chi connectivity index (χ1n) is 6.78. The molecule has 1 N–H and O–H groups in total. The van der Waals surface area contributed by atoms with Crippen molar-refractivity contribution in [3.63, 3.8) is 0 Å². The lowest BCUT2D eigenvalue weighted by Crippen LogP contribution is -2.24. The number of aromatic nitrogens is 2. The Kier molecular flexibility index (Phi) is 4.05. The summed E-state index contributed by atoms with van der Waals surface area (Å²) in [4.78, 5) is 0. The second kappa shape index (κ2) is 5.57. The van der Waals surface area contributed by atoms with Gasteiger partial charge in [-0.1, -0.05) is 24.3 Å². The fourth-order valence-corrected chi connectivity index (χ4v) is 2.46. The number of nitrogens with one attached hydrogen (secondary N) is 1. The molecule has 1 heterocycles. The van der Waals surface area contributed by atoms with Gasteiger partial charge in [0.15, 0.2) is 0 Å². The van der Waals surface area contributed by atoms with Gasteiger partial charge in [-0.05, 0) is 51.4 Å². The van der Waals surface area contributed by atoms with Crippen LogP contribution in [-0.2, 0) is 6.54 Å². The molecule has 0 radical (unpaired) electrons. The summed E-state index contributed by atoms with van der Waals surface area (Å²) in [6.45, 7) is 9.37. The van der Waals surface area contributed by atoms with Crippen LogP contribution in [0.2, 0.25) is 0 Å². The Hall–Kier alpha value is -1.61. The molecular formula is C16H23N3. The molecule has 0 saturated heterocycles. The molecule has 3 heteroatoms. The minimum absolute atomic E-state index is 0.290. The van der Waals surface area contributed by atoms with Gasteiger partial charge < -0.3 is 5.32 Å². The van der Waals surface area contributed by atoms with Crippen LogP contribution < -0.4 is 5.32 Å². The third-order valence-corrected chi connectivity index (χ3v) is 4.01. The Morgan fingerprint density at radius 2 is 1.84 bits per heavy atom. The van der Waals surface area contributed by atoms with Crippen LogP contribution >= 0.6 is 0 Å². The van der Waals surface area contributed by atoms with Crippen molar-refractivity contribution < 1.29 is 0 Å². The molecule has 3 nitrogen and oxygen atoms in total. The predicted octanol–water partition coefficient (Wildman–Crippen LogP) is 3.08. The molecule has 0 aliphatic heterocycles. The summed E-state index contributed by atoms with van der Waals surface area (Å²) in [7, 11) is 2.01. The van der Waals surface area contributed by atoms with E-state index in [-0.39, 0.29) is 0 Å². The Morgan fingerprint density at radius 1 is 1.16 bits per heavy atom. The lowest BCUT2D eigenvalue weighted by molar-refractivity contribution is 0.458. The molecule has 0 spiro atoms. The quantitative estimate of drug-likeness (QED) is 0.912. The van der Waals surface area contributed by atoms with Crippen molar-refractivity contribution in [3.05, 3.63) is 52.3 Å². The van der Waals surface area contributed by atoms with E-state index in [1.54, 1.807) is 0 Å². The van der Waals surface area contributed by atoms with E-state index in [1.165, 1.54) is 22.4 Å². The number of likely N-dealkylation sites (N-methyl/N-ethyl adjacent to an activating group) is 1. The molecule has 2 aromatic rings. The minimum atomic E-state index is 0.290. The smallest absolute Gasteiger partial charge is 0.0625 e. The standard InChI is InChI=1S/C16H23N3/c1-11-8-6-7-9-15(11)16(17-5)10-19-14(4)12(2)13(3)18-19/h6-9,16-17H,10H2,1-5H3. The number of hydrogen-bond acceptors (Lipinski definition) is 2. The van der Waals surface area contributed by atoms with Crippen molar-refractivity contribution in [1.29, 1.82) is 0 Å². The predicted molar refractivity (Wildman–Crippen MR) is 79.4 cm³/mol. The summed E-state index contributed by atoms with van der Waals surface area (Å²) in [6.07, 6.45) is 0. The van der Waals surface area contributed by atoms with Gasteiger partial charge in [0.05, 0.1) is 18.3 Å². The zero-order chi connectivity index (χ0) is 14.0. The molecule has 0 aliphatic rings. The first-order chi connectivity index (χ1) is 9.04. The van der Waals surface area contributed by atoms with Crippen LogP contribution in [0, 0.1) is 27.7 Å². The van der Waals surface area contributed by atoms with Crippen LogP contribution in [0.3, 0.4) is 0 Å². The van der Waals surface area contributed by atoms with E-state index < -0.39 is 0 Å². The van der Waals surface area contributed by atoms with Gasteiger partial charge in [-0.15, -0.1) is 0 Å². The molecule has 1 unspecified atom stereocenters. The number of nitrogens with zero attached hydrogens (tertiary/aromatic N) is 2. The molecule has 0 fully saturated rings. The van der Waals surface area contributed by atoms with Gasteiger partial charge >= 0.3 is 0 Å². The average Bonchev–Trinajstić information content (AvgIpc) is 2.64. The van der Waals surface area contributed by atoms with Crippen LogP contribution in [0.4, 0.5) is 0 Å². The number of benzene rings is 1. The molecule has 0 saturated carbocycles. The summed E-state index contributed by atoms with van der Waals surface area (Å²) < 4.78 is 2.11. The largest absolute Gasteiger partial charge is 0.311 e. The van der Waals surface area contributed by atoms with E-state index in [1.807, 2.05) is 7.05 Å². The summed E-state index contributed by atoms with van der Waals surface area (Å²) in [5, 5.41) is 8.03. The maximum Gasteiger partial charge on any atom is 0.0625 e. The molecule has 102 valence electrons. The fraction of sp³-hybridized carbons (Fsp3) is 0.438. The van der Waals surface area contributed by atoms with Crippen molar-refractivity contribution in [2.24, 2.45) is 0 Å². The maximum absolute atomic E-state index is 4.63. The van der Waals surface area contributed by atoms with E-state index in [0.29, 0.717) is 6.04 Å². The van der Waals surface area contributed by atoms with Gasteiger partial charge in [-0.25, -0.2) is 0 Å². The van der Waals surface area contributed by atoms with Gasteiger partial charge in [0.1, 0.15) is 0 Å². The van der Waals surface area contributed by atoms with Crippen molar-refractivity contribution in [1.82, 2.24) is 15.1 Å². The van der Waals surface area contributed by atoms with E-state index in [4.69, 9.17) is 0 Å². The lowest BCUT2D eigenvalue weighted by atomic mass is 10.0. The molecule has 0 amide bonds. The van der Waals surface area contributed by atoms with Crippen molar-refractivity contribution in [3.8, 4) is 0 Å². The van der Waals surface area contributed by atoms with Gasteiger partial charge in [0.2, 0.25) is 0 Å². The minimum Gasteiger partial charge on any atom is -0.311 e. The molecule has 0 bridgehead atoms. The Bertz CT molecular complexity index is 569. The highest BCUT2D eigenvalue weighted by Crippen LogP contribution is 2.20. The fourth-order valence-electron chi connectivity index (χ4n) is 2.46. The normalized spacial score (nSPS) is 12.7. The molecule has 2 rings (SSSR count). The number of rotatable bonds is 4. The molecule has 1 aromatic carbocycles. The first kappa shape index (κ1) is 13.8. The van der Waals surface area contributed by atoms with Gasteiger partial charge in [0, 0.05) is 5.69 Å². The average molecular weight is 257 g/mol. The van der Waals surface area contributed by atoms with Crippen LogP contribution in [0.5, 0.6) is 0 Å². The lowest BCUT2D eigenvalue weighted by Gasteiger charge is -2.19. The second-order valence-electron chi connectivity index (χ2n) is 5.18. The Balaban J connectivity index is 2.29. The highest BCUT2D eigenvalue weighted by atomic mass is 15.3. The second-order valence-corrected chi connectivity index (χ2v) is 5.18. The highest BCUT2D eigenvalue weighted by molar-refractivity contribution is 5.29. The topological polar surface area (TPSA) is 29.9 Å². The Labute approximate surface area is 115 Å². The van der Waals surface area contributed by atoms with E-state index >= 15 is 0 Å². The van der Waals surface area contributed by atoms with Crippen LogP contribution in [0.1, 0.15) is 34.1 Å². The monoisotopic (exact) mass is 257 g/mol. The van der Waals surface area contributed by atoms with Gasteiger partial charge in [-0.3, -0.25) is 4.68 Å². The molecule has 0 aliphatic carbocycles. The van der Waals surface area contributed by atoms with Crippen LogP contribution in [0.25, 0.3) is 0 Å². The summed E-state index contributed by atoms with van der Waals surface area (Å²) >= 11 is 0. The summed E-state index contributed by atoms with van der Waals surface area (Å²) in [6, 6.07) is 8.82. The maximum atomic E-state index is 4.63. The van der Waals surface area contributed by atoms with Crippen LogP contribution in [0.15, 0.2) is 24.3 Å². The van der Waals surface area contributed by atoms with E-state index in [2.05, 4.69) is 67.1 Å². The van der Waals surface area contributed by atoms with Crippen molar-refractivity contribution in [2.45, 2.75) is 40.3 Å². The summed E-state index contributed by atoms with van der Waals surface area (Å²) in [5.74, 6) is 0. The number of aryl methyl sites for hydroxylation is 2. The van der Waals surface area contributed by atoms with Crippen LogP contribution in [-0.4, -0.2) is 16.8 Å². The van der Waals surface area contributed by atoms with Crippen molar-refractivity contribution in [2.75, 3.05) is 7.05 Å². The SMILES string of the molecule is CNC(Cn1nc(C)c(C)c1C)c1ccccc1C. The molecule has 1 aromatic heterocycles. The molecule has 19 heavy (non-hydrogen) atoms. The zero-order valence-corrected chi connectivity index (χ0v) is 12.5.